The van der Waals surface area contributed by atoms with Crippen molar-refractivity contribution in [2.75, 3.05) is 30.8 Å². The van der Waals surface area contributed by atoms with Gasteiger partial charge < -0.3 is 20.3 Å². The molecular weight excluding hydrogens is 337 g/mol. The molecule has 2 N–H and O–H groups in total. The second-order valence-electron chi connectivity index (χ2n) is 6.23. The summed E-state index contributed by atoms with van der Waals surface area (Å²) in [6.07, 6.45) is 2.40. The Morgan fingerprint density at radius 1 is 1.00 bits per heavy atom. The standard InChI is InChI=1S/C19H22FN3OS/c1-23-12-10-18(11-13-23)24-17-8-6-16(7-9-17)22-19(25)21-15-4-2-14(20)3-5-15/h2-9,18H,10-13H2,1H3,(H2,21,22,25). The summed E-state index contributed by atoms with van der Waals surface area (Å²) in [6.45, 7) is 2.15. The topological polar surface area (TPSA) is 36.5 Å². The summed E-state index contributed by atoms with van der Waals surface area (Å²) in [4.78, 5) is 2.32. The van der Waals surface area contributed by atoms with Gasteiger partial charge in [-0.3, -0.25) is 0 Å². The molecule has 2 aromatic carbocycles. The zero-order chi connectivity index (χ0) is 17.6. The minimum atomic E-state index is -0.273. The van der Waals surface area contributed by atoms with Gasteiger partial charge in [-0.05, 0) is 80.6 Å². The fourth-order valence-corrected chi connectivity index (χ4v) is 2.97. The molecule has 132 valence electrons. The zero-order valence-corrected chi connectivity index (χ0v) is 15.0. The van der Waals surface area contributed by atoms with Crippen molar-refractivity contribution in [3.63, 3.8) is 0 Å². The highest BCUT2D eigenvalue weighted by Gasteiger charge is 2.17. The van der Waals surface area contributed by atoms with Crippen LogP contribution in [0.2, 0.25) is 0 Å². The molecule has 1 saturated heterocycles. The third-order valence-corrected chi connectivity index (χ3v) is 4.39. The summed E-state index contributed by atoms with van der Waals surface area (Å²) in [6, 6.07) is 13.8. The van der Waals surface area contributed by atoms with Gasteiger partial charge in [-0.15, -0.1) is 0 Å². The molecule has 0 aliphatic carbocycles. The Hall–Kier alpha value is -2.18. The van der Waals surface area contributed by atoms with Crippen LogP contribution in [0.4, 0.5) is 15.8 Å². The Balaban J connectivity index is 1.50. The molecule has 4 nitrogen and oxygen atoms in total. The van der Waals surface area contributed by atoms with Crippen LogP contribution < -0.4 is 15.4 Å². The minimum Gasteiger partial charge on any atom is -0.490 e. The van der Waals surface area contributed by atoms with Gasteiger partial charge in [0.15, 0.2) is 5.11 Å². The van der Waals surface area contributed by atoms with E-state index in [-0.39, 0.29) is 11.9 Å². The van der Waals surface area contributed by atoms with E-state index < -0.39 is 0 Å². The number of ether oxygens (including phenoxy) is 1. The van der Waals surface area contributed by atoms with Crippen LogP contribution in [-0.2, 0) is 0 Å². The number of likely N-dealkylation sites (tertiary alicyclic amines) is 1. The fraction of sp³-hybridized carbons (Fsp3) is 0.316. The lowest BCUT2D eigenvalue weighted by molar-refractivity contribution is 0.114. The lowest BCUT2D eigenvalue weighted by Gasteiger charge is -2.29. The van der Waals surface area contributed by atoms with E-state index in [0.29, 0.717) is 5.11 Å². The van der Waals surface area contributed by atoms with Crippen molar-refractivity contribution >= 4 is 28.7 Å². The molecule has 1 fully saturated rings. The number of hydrogen-bond acceptors (Lipinski definition) is 3. The third-order valence-electron chi connectivity index (χ3n) is 4.18. The van der Waals surface area contributed by atoms with Gasteiger partial charge in [0.2, 0.25) is 0 Å². The molecule has 2 aromatic rings. The maximum absolute atomic E-state index is 12.9. The first kappa shape index (κ1) is 17.6. The lowest BCUT2D eigenvalue weighted by atomic mass is 10.1. The number of halogens is 1. The Bertz CT molecular complexity index is 698. The van der Waals surface area contributed by atoms with Gasteiger partial charge in [0.05, 0.1) is 0 Å². The van der Waals surface area contributed by atoms with Gasteiger partial charge in [-0.2, -0.15) is 0 Å². The van der Waals surface area contributed by atoms with E-state index in [9.17, 15) is 4.39 Å². The quantitative estimate of drug-likeness (QED) is 0.804. The van der Waals surface area contributed by atoms with Gasteiger partial charge in [0, 0.05) is 24.5 Å². The van der Waals surface area contributed by atoms with Crippen LogP contribution in [0.15, 0.2) is 48.5 Å². The molecule has 3 rings (SSSR count). The Kier molecular flexibility index (Phi) is 5.83. The van der Waals surface area contributed by atoms with Crippen LogP contribution in [0, 0.1) is 5.82 Å². The monoisotopic (exact) mass is 359 g/mol. The van der Waals surface area contributed by atoms with Crippen LogP contribution in [-0.4, -0.2) is 36.3 Å². The SMILES string of the molecule is CN1CCC(Oc2ccc(NC(=S)Nc3ccc(F)cc3)cc2)CC1. The molecule has 6 heteroatoms. The number of anilines is 2. The highest BCUT2D eigenvalue weighted by molar-refractivity contribution is 7.80. The number of piperidine rings is 1. The molecule has 1 aliphatic rings. The Labute approximate surface area is 153 Å². The Morgan fingerprint density at radius 2 is 1.52 bits per heavy atom. The number of benzene rings is 2. The van der Waals surface area contributed by atoms with Crippen molar-refractivity contribution in [1.29, 1.82) is 0 Å². The first-order valence-corrected chi connectivity index (χ1v) is 8.78. The second kappa shape index (κ2) is 8.27. The van der Waals surface area contributed by atoms with Gasteiger partial charge in [0.1, 0.15) is 17.7 Å². The van der Waals surface area contributed by atoms with Crippen LogP contribution in [0.5, 0.6) is 5.75 Å². The molecule has 1 heterocycles. The molecule has 0 unspecified atom stereocenters. The number of hydrogen-bond donors (Lipinski definition) is 2. The molecule has 0 bridgehead atoms. The number of thiocarbonyl (C=S) groups is 1. The zero-order valence-electron chi connectivity index (χ0n) is 14.2. The Morgan fingerprint density at radius 3 is 2.08 bits per heavy atom. The highest BCUT2D eigenvalue weighted by Crippen LogP contribution is 2.21. The summed E-state index contributed by atoms with van der Waals surface area (Å²) in [5, 5.41) is 6.58. The molecule has 0 saturated carbocycles. The van der Waals surface area contributed by atoms with Gasteiger partial charge in [0.25, 0.3) is 0 Å². The van der Waals surface area contributed by atoms with E-state index in [1.807, 2.05) is 24.3 Å². The van der Waals surface area contributed by atoms with E-state index in [1.165, 1.54) is 12.1 Å². The molecule has 0 aromatic heterocycles. The van der Waals surface area contributed by atoms with Crippen molar-refractivity contribution in [3.8, 4) is 5.75 Å². The normalized spacial score (nSPS) is 15.6. The summed E-state index contributed by atoms with van der Waals surface area (Å²) in [5.41, 5.74) is 1.61. The van der Waals surface area contributed by atoms with E-state index in [4.69, 9.17) is 17.0 Å². The van der Waals surface area contributed by atoms with Crippen LogP contribution in [0.1, 0.15) is 12.8 Å². The van der Waals surface area contributed by atoms with E-state index in [2.05, 4.69) is 22.6 Å². The predicted octanol–water partition coefficient (Wildman–Crippen LogP) is 4.11. The molecule has 1 aliphatic heterocycles. The molecule has 0 radical (unpaired) electrons. The minimum absolute atomic E-state index is 0.273. The summed E-state index contributed by atoms with van der Waals surface area (Å²) >= 11 is 5.27. The van der Waals surface area contributed by atoms with Crippen LogP contribution in [0.25, 0.3) is 0 Å². The molecule has 0 atom stereocenters. The second-order valence-corrected chi connectivity index (χ2v) is 6.64. The first-order chi connectivity index (χ1) is 12.1. The lowest BCUT2D eigenvalue weighted by Crippen LogP contribution is -2.35. The predicted molar refractivity (Wildman–Crippen MR) is 104 cm³/mol. The van der Waals surface area contributed by atoms with Gasteiger partial charge in [-0.25, -0.2) is 4.39 Å². The average Bonchev–Trinajstić information content (AvgIpc) is 2.61. The van der Waals surface area contributed by atoms with Crippen molar-refractivity contribution in [3.05, 3.63) is 54.3 Å². The maximum Gasteiger partial charge on any atom is 0.175 e. The summed E-state index contributed by atoms with van der Waals surface area (Å²) in [7, 11) is 2.14. The van der Waals surface area contributed by atoms with Crippen LogP contribution in [0.3, 0.4) is 0 Å². The van der Waals surface area contributed by atoms with Gasteiger partial charge in [-0.1, -0.05) is 0 Å². The van der Waals surface area contributed by atoms with E-state index in [0.717, 1.165) is 43.1 Å². The fourth-order valence-electron chi connectivity index (χ4n) is 2.74. The molecule has 0 amide bonds. The van der Waals surface area contributed by atoms with Crippen molar-refractivity contribution in [2.45, 2.75) is 18.9 Å². The number of nitrogens with zero attached hydrogens (tertiary/aromatic N) is 1. The molecular formula is C19H22FN3OS. The molecule has 0 spiro atoms. The van der Waals surface area contributed by atoms with E-state index in [1.54, 1.807) is 12.1 Å². The van der Waals surface area contributed by atoms with E-state index >= 15 is 0 Å². The van der Waals surface area contributed by atoms with Crippen LogP contribution >= 0.6 is 12.2 Å². The largest absolute Gasteiger partial charge is 0.490 e. The smallest absolute Gasteiger partial charge is 0.175 e. The third kappa shape index (κ3) is 5.41. The van der Waals surface area contributed by atoms with Crippen molar-refractivity contribution in [1.82, 2.24) is 4.90 Å². The number of nitrogens with one attached hydrogen (secondary N) is 2. The average molecular weight is 359 g/mol. The van der Waals surface area contributed by atoms with Crippen molar-refractivity contribution < 1.29 is 9.13 Å². The van der Waals surface area contributed by atoms with Gasteiger partial charge >= 0.3 is 0 Å². The summed E-state index contributed by atoms with van der Waals surface area (Å²) in [5.74, 6) is 0.599. The molecule has 25 heavy (non-hydrogen) atoms. The van der Waals surface area contributed by atoms with Crippen molar-refractivity contribution in [2.24, 2.45) is 0 Å². The highest BCUT2D eigenvalue weighted by atomic mass is 32.1. The summed E-state index contributed by atoms with van der Waals surface area (Å²) < 4.78 is 18.9. The number of rotatable bonds is 4. The maximum atomic E-state index is 12.9. The first-order valence-electron chi connectivity index (χ1n) is 8.37.